The molecule has 0 N–H and O–H groups in total. The molecule has 3 aromatic rings. The van der Waals surface area contributed by atoms with Crippen LogP contribution in [0.3, 0.4) is 0 Å². The number of amides is 1. The maximum absolute atomic E-state index is 13.2. The summed E-state index contributed by atoms with van der Waals surface area (Å²) < 4.78 is 41.2. The molecular weight excluding hydrogens is 397 g/mol. The number of nitrogens with zero attached hydrogens (tertiary/aromatic N) is 4. The third-order valence-corrected chi connectivity index (χ3v) is 5.21. The van der Waals surface area contributed by atoms with Gasteiger partial charge in [0.1, 0.15) is 5.65 Å². The number of imidazole rings is 1. The number of pyridine rings is 1. The van der Waals surface area contributed by atoms with E-state index in [1.807, 2.05) is 0 Å². The third kappa shape index (κ3) is 3.93. The van der Waals surface area contributed by atoms with Crippen molar-refractivity contribution in [1.82, 2.24) is 19.2 Å². The molecule has 1 amide bonds. The Morgan fingerprint density at radius 2 is 1.63 bits per heavy atom. The fourth-order valence-electron chi connectivity index (χ4n) is 3.66. The first-order valence-electron chi connectivity index (χ1n) is 9.47. The second-order valence-corrected chi connectivity index (χ2v) is 7.11. The van der Waals surface area contributed by atoms with Crippen LogP contribution in [0.5, 0.6) is 0 Å². The average molecular weight is 416 g/mol. The highest BCUT2D eigenvalue weighted by Crippen LogP contribution is 2.32. The number of alkyl halides is 3. The maximum atomic E-state index is 13.2. The number of halogens is 3. The third-order valence-electron chi connectivity index (χ3n) is 5.21. The summed E-state index contributed by atoms with van der Waals surface area (Å²) in [6, 6.07) is 8.31. The van der Waals surface area contributed by atoms with E-state index in [4.69, 9.17) is 0 Å². The number of Topliss-reactive ketones (excluding diaryl/α,β-unsaturated/α-hetero) is 1. The summed E-state index contributed by atoms with van der Waals surface area (Å²) in [5.74, 6) is -0.731. The van der Waals surface area contributed by atoms with E-state index >= 15 is 0 Å². The van der Waals surface area contributed by atoms with Crippen LogP contribution in [0.2, 0.25) is 0 Å². The van der Waals surface area contributed by atoms with Crippen LogP contribution in [0, 0.1) is 0 Å². The summed E-state index contributed by atoms with van der Waals surface area (Å²) >= 11 is 0. The van der Waals surface area contributed by atoms with E-state index in [2.05, 4.69) is 4.98 Å². The van der Waals surface area contributed by atoms with Crippen LogP contribution >= 0.6 is 0 Å². The number of hydrogen-bond acceptors (Lipinski definition) is 4. The van der Waals surface area contributed by atoms with Gasteiger partial charge in [-0.1, -0.05) is 18.2 Å². The summed E-state index contributed by atoms with van der Waals surface area (Å²) in [5.41, 5.74) is -0.180. The number of carbonyl (C=O) groups is 2. The van der Waals surface area contributed by atoms with Crippen LogP contribution in [-0.4, -0.2) is 63.6 Å². The number of piperazine rings is 1. The Labute approximate surface area is 170 Å². The van der Waals surface area contributed by atoms with Gasteiger partial charge >= 0.3 is 6.18 Å². The quantitative estimate of drug-likeness (QED) is 0.614. The van der Waals surface area contributed by atoms with Crippen molar-refractivity contribution in [3.05, 3.63) is 71.7 Å². The van der Waals surface area contributed by atoms with Gasteiger partial charge in [0, 0.05) is 50.3 Å². The number of rotatable bonds is 4. The molecule has 9 heteroatoms. The summed E-state index contributed by atoms with van der Waals surface area (Å²) in [7, 11) is 0. The van der Waals surface area contributed by atoms with E-state index in [0.717, 1.165) is 6.07 Å². The zero-order valence-electron chi connectivity index (χ0n) is 16.0. The van der Waals surface area contributed by atoms with Gasteiger partial charge in [-0.05, 0) is 18.2 Å². The number of carbonyl (C=O) groups excluding carboxylic acids is 2. The molecule has 2 aromatic heterocycles. The number of fused-ring (bicyclic) bond motifs is 1. The highest BCUT2D eigenvalue weighted by atomic mass is 19.4. The first kappa shape index (κ1) is 20.1. The lowest BCUT2D eigenvalue weighted by Gasteiger charge is -2.34. The topological polar surface area (TPSA) is 57.9 Å². The zero-order valence-corrected chi connectivity index (χ0v) is 16.0. The minimum absolute atomic E-state index is 0.120. The van der Waals surface area contributed by atoms with E-state index in [-0.39, 0.29) is 18.0 Å². The van der Waals surface area contributed by atoms with Crippen LogP contribution < -0.4 is 0 Å². The van der Waals surface area contributed by atoms with Crippen molar-refractivity contribution in [3.8, 4) is 0 Å². The molecule has 0 radical (unpaired) electrons. The Hall–Kier alpha value is -3.20. The van der Waals surface area contributed by atoms with Crippen molar-refractivity contribution in [1.29, 1.82) is 0 Å². The Kier molecular flexibility index (Phi) is 5.29. The van der Waals surface area contributed by atoms with Crippen LogP contribution in [0.4, 0.5) is 13.2 Å². The van der Waals surface area contributed by atoms with Crippen molar-refractivity contribution in [2.45, 2.75) is 6.18 Å². The number of hydrogen-bond donors (Lipinski definition) is 0. The molecule has 6 nitrogen and oxygen atoms in total. The molecule has 0 aliphatic carbocycles. The molecule has 156 valence electrons. The Morgan fingerprint density at radius 1 is 0.933 bits per heavy atom. The Balaban J connectivity index is 1.40. The van der Waals surface area contributed by atoms with Gasteiger partial charge < -0.3 is 9.30 Å². The van der Waals surface area contributed by atoms with E-state index in [1.165, 1.54) is 18.2 Å². The minimum atomic E-state index is -4.58. The number of benzene rings is 1. The molecule has 4 rings (SSSR count). The zero-order chi connectivity index (χ0) is 21.3. The van der Waals surface area contributed by atoms with Crippen molar-refractivity contribution in [2.24, 2.45) is 0 Å². The van der Waals surface area contributed by atoms with Crippen molar-refractivity contribution >= 4 is 17.3 Å². The molecule has 1 saturated heterocycles. The second kappa shape index (κ2) is 7.91. The van der Waals surface area contributed by atoms with Crippen molar-refractivity contribution in [3.63, 3.8) is 0 Å². The van der Waals surface area contributed by atoms with Crippen LogP contribution in [-0.2, 0) is 6.18 Å². The molecule has 30 heavy (non-hydrogen) atoms. The molecule has 0 bridgehead atoms. The van der Waals surface area contributed by atoms with E-state index in [9.17, 15) is 22.8 Å². The van der Waals surface area contributed by atoms with Gasteiger partial charge in [0.05, 0.1) is 17.7 Å². The summed E-state index contributed by atoms with van der Waals surface area (Å²) in [6.07, 6.45) is 0.607. The molecule has 1 aromatic carbocycles. The SMILES string of the molecule is O=C(CN1CCN(C(=O)c2cccn3ccnc23)CC1)c1ccccc1C(F)(F)F. The summed E-state index contributed by atoms with van der Waals surface area (Å²) in [6.45, 7) is 1.46. The molecule has 1 fully saturated rings. The lowest BCUT2D eigenvalue weighted by Crippen LogP contribution is -2.50. The molecule has 0 saturated carbocycles. The second-order valence-electron chi connectivity index (χ2n) is 7.11. The fourth-order valence-corrected chi connectivity index (χ4v) is 3.66. The lowest BCUT2D eigenvalue weighted by molar-refractivity contribution is -0.137. The fraction of sp³-hybridized carbons (Fsp3) is 0.286. The summed E-state index contributed by atoms with van der Waals surface area (Å²) in [4.78, 5) is 33.0. The highest BCUT2D eigenvalue weighted by Gasteiger charge is 2.35. The molecular formula is C21H19F3N4O2. The molecule has 0 unspecified atom stereocenters. The van der Waals surface area contributed by atoms with Gasteiger partial charge in [0.15, 0.2) is 5.78 Å². The molecule has 1 aliphatic heterocycles. The molecule has 1 aliphatic rings. The minimum Gasteiger partial charge on any atom is -0.336 e. The Bertz CT molecular complexity index is 1090. The lowest BCUT2D eigenvalue weighted by atomic mass is 10.0. The molecule has 0 atom stereocenters. The maximum Gasteiger partial charge on any atom is 0.417 e. The standard InChI is InChI=1S/C21H19F3N4O2/c22-21(23,24)17-6-2-1-4-15(17)18(29)14-26-10-12-28(13-11-26)20(30)16-5-3-8-27-9-7-25-19(16)27/h1-9H,10-14H2. The first-order chi connectivity index (χ1) is 14.3. The predicted octanol–water partition coefficient (Wildman–Crippen LogP) is 2.99. The van der Waals surface area contributed by atoms with E-state index in [1.54, 1.807) is 44.9 Å². The van der Waals surface area contributed by atoms with E-state index < -0.39 is 17.5 Å². The van der Waals surface area contributed by atoms with Gasteiger partial charge in [-0.3, -0.25) is 14.5 Å². The van der Waals surface area contributed by atoms with Crippen LogP contribution in [0.25, 0.3) is 5.65 Å². The first-order valence-corrected chi connectivity index (χ1v) is 9.47. The average Bonchev–Trinajstić information content (AvgIpc) is 3.22. The van der Waals surface area contributed by atoms with E-state index in [0.29, 0.717) is 37.4 Å². The summed E-state index contributed by atoms with van der Waals surface area (Å²) in [5, 5.41) is 0. The number of aromatic nitrogens is 2. The predicted molar refractivity (Wildman–Crippen MR) is 103 cm³/mol. The normalized spacial score (nSPS) is 15.5. The Morgan fingerprint density at radius 3 is 2.37 bits per heavy atom. The van der Waals surface area contributed by atoms with Gasteiger partial charge in [0.25, 0.3) is 5.91 Å². The highest BCUT2D eigenvalue weighted by molar-refractivity contribution is 6.00. The van der Waals surface area contributed by atoms with Crippen molar-refractivity contribution in [2.75, 3.05) is 32.7 Å². The van der Waals surface area contributed by atoms with Gasteiger partial charge in [0.2, 0.25) is 0 Å². The van der Waals surface area contributed by atoms with Crippen LogP contribution in [0.1, 0.15) is 26.3 Å². The smallest absolute Gasteiger partial charge is 0.336 e. The molecule has 3 heterocycles. The van der Waals surface area contributed by atoms with Crippen molar-refractivity contribution < 1.29 is 22.8 Å². The molecule has 0 spiro atoms. The van der Waals surface area contributed by atoms with Gasteiger partial charge in [-0.25, -0.2) is 4.98 Å². The van der Waals surface area contributed by atoms with Gasteiger partial charge in [-0.15, -0.1) is 0 Å². The van der Waals surface area contributed by atoms with Crippen LogP contribution in [0.15, 0.2) is 55.0 Å². The number of ketones is 1. The van der Waals surface area contributed by atoms with Gasteiger partial charge in [-0.2, -0.15) is 13.2 Å². The monoisotopic (exact) mass is 416 g/mol. The largest absolute Gasteiger partial charge is 0.417 e.